The number of hydrogen-bond donors (Lipinski definition) is 1. The number of rotatable bonds is 1. The minimum absolute atomic E-state index is 0.633. The van der Waals surface area contributed by atoms with Crippen LogP contribution in [-0.2, 0) is 0 Å². The zero-order valence-corrected chi connectivity index (χ0v) is 9.81. The molecule has 0 aliphatic heterocycles. The first-order chi connectivity index (χ1) is 6.22. The molecule has 13 heavy (non-hydrogen) atoms. The highest BCUT2D eigenvalue weighted by molar-refractivity contribution is 14.1. The van der Waals surface area contributed by atoms with Crippen LogP contribution in [0.5, 0.6) is 5.75 Å². The lowest BCUT2D eigenvalue weighted by atomic mass is 10.2. The molecule has 0 radical (unpaired) electrons. The van der Waals surface area contributed by atoms with E-state index < -0.39 is 0 Å². The Morgan fingerprint density at radius 3 is 2.92 bits per heavy atom. The monoisotopic (exact) mass is 307 g/mol. The van der Waals surface area contributed by atoms with Crippen molar-refractivity contribution in [1.82, 2.24) is 4.98 Å². The van der Waals surface area contributed by atoms with Gasteiger partial charge in [0.15, 0.2) is 0 Å². The molecule has 68 valence electrons. The molecule has 0 fully saturated rings. The number of benzene rings is 1. The van der Waals surface area contributed by atoms with Crippen molar-refractivity contribution in [3.8, 4) is 5.75 Å². The third-order valence-corrected chi connectivity index (χ3v) is 3.09. The fourth-order valence-electron chi connectivity index (χ4n) is 1.25. The van der Waals surface area contributed by atoms with Crippen molar-refractivity contribution in [3.05, 3.63) is 26.9 Å². The quantitative estimate of drug-likeness (QED) is 0.802. The Balaban J connectivity index is 2.77. The van der Waals surface area contributed by atoms with Crippen molar-refractivity contribution >= 4 is 45.1 Å². The molecular weight excluding hydrogens is 300 g/mol. The van der Waals surface area contributed by atoms with Gasteiger partial charge in [0.25, 0.3) is 0 Å². The number of halogens is 2. The van der Waals surface area contributed by atoms with E-state index >= 15 is 0 Å². The van der Waals surface area contributed by atoms with Crippen molar-refractivity contribution in [1.29, 1.82) is 0 Å². The van der Waals surface area contributed by atoms with E-state index in [1.165, 1.54) is 3.57 Å². The van der Waals surface area contributed by atoms with Crippen molar-refractivity contribution in [3.63, 3.8) is 0 Å². The number of aromatic amines is 1. The summed E-state index contributed by atoms with van der Waals surface area (Å²) < 4.78 is 6.30. The summed E-state index contributed by atoms with van der Waals surface area (Å²) in [6.07, 6.45) is 1.95. The van der Waals surface area contributed by atoms with E-state index in [0.29, 0.717) is 10.8 Å². The molecule has 4 heteroatoms. The van der Waals surface area contributed by atoms with E-state index in [0.717, 1.165) is 10.9 Å². The molecule has 1 N–H and O–H groups in total. The number of hydrogen-bond acceptors (Lipinski definition) is 1. The van der Waals surface area contributed by atoms with Crippen LogP contribution in [0, 0.1) is 3.57 Å². The molecular formula is C9H7ClINO. The standard InChI is InChI=1S/C9H7ClINO/c1-13-9-2-5-7(11)4-12-8(5)3-6(9)10/h2-4,12H,1H3. The van der Waals surface area contributed by atoms with Crippen LogP contribution in [0.3, 0.4) is 0 Å². The van der Waals surface area contributed by atoms with Crippen LogP contribution in [0.1, 0.15) is 0 Å². The maximum Gasteiger partial charge on any atom is 0.138 e. The lowest BCUT2D eigenvalue weighted by Gasteiger charge is -2.02. The largest absolute Gasteiger partial charge is 0.495 e. The molecule has 0 aliphatic rings. The van der Waals surface area contributed by atoms with Crippen molar-refractivity contribution in [2.24, 2.45) is 0 Å². The highest BCUT2D eigenvalue weighted by Gasteiger charge is 2.06. The van der Waals surface area contributed by atoms with E-state index in [9.17, 15) is 0 Å². The van der Waals surface area contributed by atoms with Gasteiger partial charge in [0.1, 0.15) is 5.75 Å². The third kappa shape index (κ3) is 1.50. The predicted octanol–water partition coefficient (Wildman–Crippen LogP) is 3.43. The minimum Gasteiger partial charge on any atom is -0.495 e. The number of fused-ring (bicyclic) bond motifs is 1. The van der Waals surface area contributed by atoms with E-state index in [-0.39, 0.29) is 0 Å². The third-order valence-electron chi connectivity index (χ3n) is 1.90. The van der Waals surface area contributed by atoms with Gasteiger partial charge in [0, 0.05) is 20.7 Å². The summed E-state index contributed by atoms with van der Waals surface area (Å²) in [5.41, 5.74) is 1.04. The summed E-state index contributed by atoms with van der Waals surface area (Å²) in [4.78, 5) is 3.13. The maximum atomic E-state index is 5.97. The topological polar surface area (TPSA) is 25.0 Å². The molecule has 2 rings (SSSR count). The lowest BCUT2D eigenvalue weighted by Crippen LogP contribution is -1.83. The van der Waals surface area contributed by atoms with Gasteiger partial charge in [-0.05, 0) is 34.7 Å². The molecule has 0 atom stereocenters. The van der Waals surface area contributed by atoms with E-state index in [1.807, 2.05) is 18.3 Å². The zero-order chi connectivity index (χ0) is 9.42. The number of methoxy groups -OCH3 is 1. The number of H-pyrrole nitrogens is 1. The second-order valence-electron chi connectivity index (χ2n) is 2.67. The molecule has 1 heterocycles. The summed E-state index contributed by atoms with van der Waals surface area (Å²) in [7, 11) is 1.62. The van der Waals surface area contributed by atoms with Gasteiger partial charge >= 0.3 is 0 Å². The molecule has 0 saturated carbocycles. The summed E-state index contributed by atoms with van der Waals surface area (Å²) in [5.74, 6) is 0.715. The fourth-order valence-corrected chi connectivity index (χ4v) is 2.09. The summed E-state index contributed by atoms with van der Waals surface area (Å²) >= 11 is 8.23. The molecule has 1 aromatic carbocycles. The molecule has 2 nitrogen and oxygen atoms in total. The van der Waals surface area contributed by atoms with E-state index in [2.05, 4.69) is 27.6 Å². The van der Waals surface area contributed by atoms with Crippen molar-refractivity contribution in [2.45, 2.75) is 0 Å². The van der Waals surface area contributed by atoms with Crippen LogP contribution in [0.2, 0.25) is 5.02 Å². The molecule has 1 aromatic heterocycles. The summed E-state index contributed by atoms with van der Waals surface area (Å²) in [6.45, 7) is 0. The average molecular weight is 308 g/mol. The van der Waals surface area contributed by atoms with Gasteiger partial charge < -0.3 is 9.72 Å². The Hall–Kier alpha value is -0.420. The van der Waals surface area contributed by atoms with Gasteiger partial charge in [0.05, 0.1) is 12.1 Å². The highest BCUT2D eigenvalue weighted by Crippen LogP contribution is 2.31. The lowest BCUT2D eigenvalue weighted by molar-refractivity contribution is 0.415. The van der Waals surface area contributed by atoms with Gasteiger partial charge in [-0.2, -0.15) is 0 Å². The van der Waals surface area contributed by atoms with E-state index in [1.54, 1.807) is 7.11 Å². The fraction of sp³-hybridized carbons (Fsp3) is 0.111. The van der Waals surface area contributed by atoms with Crippen LogP contribution < -0.4 is 4.74 Å². The zero-order valence-electron chi connectivity index (χ0n) is 6.90. The summed E-state index contributed by atoms with van der Waals surface area (Å²) in [5, 5.41) is 1.77. The van der Waals surface area contributed by atoms with Crippen molar-refractivity contribution in [2.75, 3.05) is 7.11 Å². The van der Waals surface area contributed by atoms with Crippen LogP contribution in [0.15, 0.2) is 18.3 Å². The molecule has 0 unspecified atom stereocenters. The van der Waals surface area contributed by atoms with Crippen LogP contribution >= 0.6 is 34.2 Å². The Kier molecular flexibility index (Phi) is 2.38. The van der Waals surface area contributed by atoms with E-state index in [4.69, 9.17) is 16.3 Å². The summed E-state index contributed by atoms with van der Waals surface area (Å²) in [6, 6.07) is 3.81. The predicted molar refractivity (Wildman–Crippen MR) is 62.6 cm³/mol. The Morgan fingerprint density at radius 2 is 2.23 bits per heavy atom. The SMILES string of the molecule is COc1cc2c(I)c[nH]c2cc1Cl. The van der Waals surface area contributed by atoms with Crippen LogP contribution in [0.25, 0.3) is 10.9 Å². The Morgan fingerprint density at radius 1 is 1.46 bits per heavy atom. The van der Waals surface area contributed by atoms with Gasteiger partial charge in [-0.1, -0.05) is 11.6 Å². The smallest absolute Gasteiger partial charge is 0.138 e. The molecule has 0 amide bonds. The maximum absolute atomic E-state index is 5.97. The first kappa shape index (κ1) is 9.15. The molecule has 0 aliphatic carbocycles. The van der Waals surface area contributed by atoms with Gasteiger partial charge in [0.2, 0.25) is 0 Å². The first-order valence-electron chi connectivity index (χ1n) is 3.72. The van der Waals surface area contributed by atoms with Crippen molar-refractivity contribution < 1.29 is 4.74 Å². The normalized spacial score (nSPS) is 10.7. The second-order valence-corrected chi connectivity index (χ2v) is 4.24. The first-order valence-corrected chi connectivity index (χ1v) is 5.18. The number of ether oxygens (including phenoxy) is 1. The Labute approximate surface area is 94.4 Å². The van der Waals surface area contributed by atoms with Gasteiger partial charge in [-0.25, -0.2) is 0 Å². The average Bonchev–Trinajstić information content (AvgIpc) is 2.46. The molecule has 0 bridgehead atoms. The Bertz CT molecular complexity index is 452. The molecule has 0 spiro atoms. The highest BCUT2D eigenvalue weighted by atomic mass is 127. The van der Waals surface area contributed by atoms with Crippen LogP contribution in [-0.4, -0.2) is 12.1 Å². The van der Waals surface area contributed by atoms with Crippen LogP contribution in [0.4, 0.5) is 0 Å². The van der Waals surface area contributed by atoms with Gasteiger partial charge in [-0.15, -0.1) is 0 Å². The van der Waals surface area contributed by atoms with Gasteiger partial charge in [-0.3, -0.25) is 0 Å². The number of nitrogens with one attached hydrogen (secondary N) is 1. The minimum atomic E-state index is 0.633. The molecule has 2 aromatic rings. The number of aromatic nitrogens is 1. The second kappa shape index (κ2) is 3.38. The molecule has 0 saturated heterocycles.